The first kappa shape index (κ1) is 11.9. The maximum Gasteiger partial charge on any atom is 0.337 e. The zero-order valence-corrected chi connectivity index (χ0v) is 10.1. The molecule has 1 aliphatic heterocycles. The monoisotopic (exact) mass is 235 g/mol. The van der Waals surface area contributed by atoms with Gasteiger partial charge in [0.1, 0.15) is 0 Å². The maximum absolute atomic E-state index is 11.2. The van der Waals surface area contributed by atoms with Crippen molar-refractivity contribution in [2.45, 2.75) is 19.4 Å². The highest BCUT2D eigenvalue weighted by Gasteiger charge is 2.25. The highest BCUT2D eigenvalue weighted by Crippen LogP contribution is 2.26. The Morgan fingerprint density at radius 1 is 1.53 bits per heavy atom. The van der Waals surface area contributed by atoms with E-state index in [9.17, 15) is 9.90 Å². The molecule has 0 bridgehead atoms. The van der Waals surface area contributed by atoms with Crippen molar-refractivity contribution < 1.29 is 14.6 Å². The summed E-state index contributed by atoms with van der Waals surface area (Å²) < 4.78 is 5.30. The van der Waals surface area contributed by atoms with E-state index < -0.39 is 5.97 Å². The molecule has 1 aromatic carbocycles. The Kier molecular flexibility index (Phi) is 3.33. The zero-order valence-electron chi connectivity index (χ0n) is 10.1. The summed E-state index contributed by atoms with van der Waals surface area (Å²) in [5, 5.41) is 9.18. The largest absolute Gasteiger partial charge is 0.478 e. The van der Waals surface area contributed by atoms with Crippen molar-refractivity contribution in [2.75, 3.05) is 25.1 Å². The highest BCUT2D eigenvalue weighted by molar-refractivity contribution is 5.94. The van der Waals surface area contributed by atoms with Gasteiger partial charge in [-0.15, -0.1) is 0 Å². The van der Waals surface area contributed by atoms with E-state index in [1.54, 1.807) is 13.2 Å². The van der Waals surface area contributed by atoms with Gasteiger partial charge in [0.25, 0.3) is 0 Å². The third-order valence-electron chi connectivity index (χ3n) is 3.20. The Bertz CT molecular complexity index is 431. The molecule has 4 heteroatoms. The van der Waals surface area contributed by atoms with Gasteiger partial charge in [-0.25, -0.2) is 4.79 Å². The fraction of sp³-hybridized carbons (Fsp3) is 0.462. The van der Waals surface area contributed by atoms with Gasteiger partial charge in [-0.3, -0.25) is 0 Å². The van der Waals surface area contributed by atoms with Crippen LogP contribution in [0.5, 0.6) is 0 Å². The highest BCUT2D eigenvalue weighted by atomic mass is 16.5. The number of carboxylic acid groups (broad SMARTS) is 1. The smallest absolute Gasteiger partial charge is 0.337 e. The second-order valence-electron chi connectivity index (χ2n) is 4.42. The molecule has 0 radical (unpaired) electrons. The van der Waals surface area contributed by atoms with E-state index in [-0.39, 0.29) is 6.10 Å². The van der Waals surface area contributed by atoms with Crippen LogP contribution >= 0.6 is 0 Å². The number of hydrogen-bond donors (Lipinski definition) is 1. The molecule has 1 aliphatic rings. The van der Waals surface area contributed by atoms with Crippen LogP contribution in [-0.2, 0) is 4.74 Å². The summed E-state index contributed by atoms with van der Waals surface area (Å²) in [7, 11) is 1.70. The molecule has 1 unspecified atom stereocenters. The summed E-state index contributed by atoms with van der Waals surface area (Å²) in [4.78, 5) is 13.3. The summed E-state index contributed by atoms with van der Waals surface area (Å²) in [5.41, 5.74) is 2.25. The Morgan fingerprint density at radius 3 is 2.88 bits per heavy atom. The van der Waals surface area contributed by atoms with Crippen molar-refractivity contribution in [1.29, 1.82) is 0 Å². The van der Waals surface area contributed by atoms with E-state index in [1.165, 1.54) is 0 Å². The number of methoxy groups -OCH3 is 1. The molecule has 0 aromatic heterocycles. The molecule has 4 nitrogen and oxygen atoms in total. The van der Waals surface area contributed by atoms with E-state index >= 15 is 0 Å². The molecule has 1 heterocycles. The van der Waals surface area contributed by atoms with Gasteiger partial charge in [-0.2, -0.15) is 0 Å². The Labute approximate surface area is 101 Å². The lowest BCUT2D eigenvalue weighted by Gasteiger charge is -2.21. The second-order valence-corrected chi connectivity index (χ2v) is 4.42. The van der Waals surface area contributed by atoms with Gasteiger partial charge < -0.3 is 14.7 Å². The standard InChI is InChI=1S/C13H17NO3/c1-9-3-4-11(13(15)16)12(7-9)14-6-5-10(8-14)17-2/h3-4,7,10H,5-6,8H2,1-2H3,(H,15,16). The predicted octanol–water partition coefficient (Wildman–Crippen LogP) is 1.92. The van der Waals surface area contributed by atoms with Crippen LogP contribution in [0.1, 0.15) is 22.3 Å². The molecule has 0 saturated carbocycles. The number of anilines is 1. The molecule has 2 rings (SSSR count). The SMILES string of the molecule is COC1CCN(c2cc(C)ccc2C(=O)O)C1. The molecule has 1 saturated heterocycles. The third-order valence-corrected chi connectivity index (χ3v) is 3.20. The van der Waals surface area contributed by atoms with E-state index in [2.05, 4.69) is 4.90 Å². The van der Waals surface area contributed by atoms with Crippen molar-refractivity contribution in [3.63, 3.8) is 0 Å². The number of hydrogen-bond acceptors (Lipinski definition) is 3. The van der Waals surface area contributed by atoms with Gasteiger partial charge in [-0.1, -0.05) is 6.07 Å². The van der Waals surface area contributed by atoms with Gasteiger partial charge in [-0.05, 0) is 31.0 Å². The van der Waals surface area contributed by atoms with Crippen LogP contribution in [-0.4, -0.2) is 37.4 Å². The molecule has 1 N–H and O–H groups in total. The summed E-state index contributed by atoms with van der Waals surface area (Å²) in [5.74, 6) is -0.874. The van der Waals surface area contributed by atoms with Gasteiger partial charge in [0.05, 0.1) is 17.4 Å². The van der Waals surface area contributed by atoms with Crippen molar-refractivity contribution in [3.05, 3.63) is 29.3 Å². The van der Waals surface area contributed by atoms with Gasteiger partial charge in [0, 0.05) is 20.2 Å². The first-order valence-electron chi connectivity index (χ1n) is 5.73. The quantitative estimate of drug-likeness (QED) is 0.869. The van der Waals surface area contributed by atoms with Crippen molar-refractivity contribution in [2.24, 2.45) is 0 Å². The molecule has 17 heavy (non-hydrogen) atoms. The molecular weight excluding hydrogens is 218 g/mol. The number of nitrogens with zero attached hydrogens (tertiary/aromatic N) is 1. The minimum absolute atomic E-state index is 0.206. The van der Waals surface area contributed by atoms with Crippen molar-refractivity contribution >= 4 is 11.7 Å². The first-order chi connectivity index (χ1) is 8.11. The Morgan fingerprint density at radius 2 is 2.29 bits per heavy atom. The van der Waals surface area contributed by atoms with Crippen LogP contribution in [0.3, 0.4) is 0 Å². The average Bonchev–Trinajstić information content (AvgIpc) is 2.76. The van der Waals surface area contributed by atoms with E-state index in [0.29, 0.717) is 5.56 Å². The molecule has 0 amide bonds. The van der Waals surface area contributed by atoms with Crippen LogP contribution in [0.25, 0.3) is 0 Å². The average molecular weight is 235 g/mol. The summed E-state index contributed by atoms with van der Waals surface area (Å²) in [6.07, 6.45) is 1.15. The Balaban J connectivity index is 2.31. The normalized spacial score (nSPS) is 19.6. The van der Waals surface area contributed by atoms with E-state index in [0.717, 1.165) is 30.8 Å². The number of benzene rings is 1. The van der Waals surface area contributed by atoms with Crippen LogP contribution in [0, 0.1) is 6.92 Å². The van der Waals surface area contributed by atoms with Crippen LogP contribution in [0.15, 0.2) is 18.2 Å². The van der Waals surface area contributed by atoms with Gasteiger partial charge >= 0.3 is 5.97 Å². The lowest BCUT2D eigenvalue weighted by molar-refractivity contribution is 0.0697. The van der Waals surface area contributed by atoms with Crippen molar-refractivity contribution in [1.82, 2.24) is 0 Å². The predicted molar refractivity (Wildman–Crippen MR) is 65.8 cm³/mol. The molecule has 0 spiro atoms. The van der Waals surface area contributed by atoms with Crippen LogP contribution in [0.2, 0.25) is 0 Å². The Hall–Kier alpha value is -1.55. The summed E-state index contributed by atoms with van der Waals surface area (Å²) in [6, 6.07) is 5.44. The van der Waals surface area contributed by atoms with Gasteiger partial charge in [0.15, 0.2) is 0 Å². The molecule has 0 aliphatic carbocycles. The molecule has 1 aromatic rings. The minimum Gasteiger partial charge on any atom is -0.478 e. The third kappa shape index (κ3) is 2.42. The van der Waals surface area contributed by atoms with Crippen LogP contribution in [0.4, 0.5) is 5.69 Å². The number of carbonyl (C=O) groups is 1. The zero-order chi connectivity index (χ0) is 12.4. The second kappa shape index (κ2) is 4.75. The lowest BCUT2D eigenvalue weighted by atomic mass is 10.1. The van der Waals surface area contributed by atoms with Crippen LogP contribution < -0.4 is 4.90 Å². The minimum atomic E-state index is -0.874. The van der Waals surface area contributed by atoms with Crippen molar-refractivity contribution in [3.8, 4) is 0 Å². The molecule has 92 valence electrons. The van der Waals surface area contributed by atoms with E-state index in [1.807, 2.05) is 19.1 Å². The molecule has 1 atom stereocenters. The summed E-state index contributed by atoms with van der Waals surface area (Å²) in [6.45, 7) is 3.58. The fourth-order valence-corrected chi connectivity index (χ4v) is 2.22. The number of carboxylic acids is 1. The number of aromatic carboxylic acids is 1. The molecular formula is C13H17NO3. The summed E-state index contributed by atoms with van der Waals surface area (Å²) >= 11 is 0. The lowest BCUT2D eigenvalue weighted by Crippen LogP contribution is -2.24. The fourth-order valence-electron chi connectivity index (χ4n) is 2.22. The van der Waals surface area contributed by atoms with Gasteiger partial charge in [0.2, 0.25) is 0 Å². The maximum atomic E-state index is 11.2. The number of rotatable bonds is 3. The topological polar surface area (TPSA) is 49.8 Å². The molecule has 1 fully saturated rings. The number of aryl methyl sites for hydroxylation is 1. The van der Waals surface area contributed by atoms with E-state index in [4.69, 9.17) is 4.74 Å². The number of ether oxygens (including phenoxy) is 1. The first-order valence-corrected chi connectivity index (χ1v) is 5.73.